The van der Waals surface area contributed by atoms with Crippen LogP contribution in [0.2, 0.25) is 0 Å². The first-order valence-corrected chi connectivity index (χ1v) is 5.61. The largest absolute Gasteiger partial charge is 0.359 e. The van der Waals surface area contributed by atoms with Gasteiger partial charge in [0.2, 0.25) is 11.8 Å². The van der Waals surface area contributed by atoms with Gasteiger partial charge in [-0.3, -0.25) is 9.59 Å². The first-order chi connectivity index (χ1) is 8.11. The molecule has 17 heavy (non-hydrogen) atoms. The van der Waals surface area contributed by atoms with Crippen molar-refractivity contribution >= 4 is 11.8 Å². The Bertz CT molecular complexity index is 441. The Labute approximate surface area is 98.9 Å². The monoisotopic (exact) mass is 237 g/mol. The zero-order chi connectivity index (χ0) is 12.4. The highest BCUT2D eigenvalue weighted by atomic mass is 16.5. The number of nitrogens with one attached hydrogen (secondary N) is 1. The Kier molecular flexibility index (Phi) is 3.12. The fourth-order valence-electron chi connectivity index (χ4n) is 1.96. The molecule has 1 saturated heterocycles. The zero-order valence-corrected chi connectivity index (χ0v) is 9.90. The predicted molar refractivity (Wildman–Crippen MR) is 58.9 cm³/mol. The molecule has 6 heteroatoms. The minimum absolute atomic E-state index is 0.0580. The van der Waals surface area contributed by atoms with Crippen molar-refractivity contribution in [3.63, 3.8) is 0 Å². The number of hydrogen-bond donors (Lipinski definition) is 1. The average Bonchev–Trinajstić information content (AvgIpc) is 2.70. The summed E-state index contributed by atoms with van der Waals surface area (Å²) in [6.45, 7) is 4.05. The summed E-state index contributed by atoms with van der Waals surface area (Å²) in [4.78, 5) is 24.9. The number of carbonyl (C=O) groups excluding carboxylic acids is 2. The standard InChI is InChI=1S/C11H15N3O3/c1-3-9-11(16)12-5-10(15)14(9)6-8-4-7(2)13-17-8/h4,9H,3,5-6H2,1-2H3,(H,12,16). The van der Waals surface area contributed by atoms with Gasteiger partial charge >= 0.3 is 0 Å². The molecule has 1 aliphatic rings. The van der Waals surface area contributed by atoms with Crippen LogP contribution in [-0.2, 0) is 16.1 Å². The molecule has 0 spiro atoms. The van der Waals surface area contributed by atoms with E-state index in [4.69, 9.17) is 4.52 Å². The smallest absolute Gasteiger partial charge is 0.243 e. The van der Waals surface area contributed by atoms with Gasteiger partial charge in [0, 0.05) is 6.07 Å². The van der Waals surface area contributed by atoms with Crippen molar-refractivity contribution in [2.45, 2.75) is 32.9 Å². The molecule has 1 aromatic heterocycles. The molecular weight excluding hydrogens is 222 g/mol. The quantitative estimate of drug-likeness (QED) is 0.816. The highest BCUT2D eigenvalue weighted by molar-refractivity contribution is 5.94. The molecule has 1 atom stereocenters. The van der Waals surface area contributed by atoms with Gasteiger partial charge in [0.05, 0.1) is 18.8 Å². The fourth-order valence-corrected chi connectivity index (χ4v) is 1.96. The van der Waals surface area contributed by atoms with E-state index < -0.39 is 6.04 Å². The van der Waals surface area contributed by atoms with Gasteiger partial charge in [-0.05, 0) is 13.3 Å². The van der Waals surface area contributed by atoms with Gasteiger partial charge in [-0.2, -0.15) is 0 Å². The Morgan fingerprint density at radius 2 is 2.35 bits per heavy atom. The van der Waals surface area contributed by atoms with Crippen LogP contribution in [0.3, 0.4) is 0 Å². The van der Waals surface area contributed by atoms with Gasteiger partial charge in [0.1, 0.15) is 6.04 Å². The molecule has 92 valence electrons. The maximum Gasteiger partial charge on any atom is 0.243 e. The van der Waals surface area contributed by atoms with Crippen LogP contribution in [0.15, 0.2) is 10.6 Å². The van der Waals surface area contributed by atoms with E-state index in [0.717, 1.165) is 5.69 Å². The number of aryl methyl sites for hydroxylation is 1. The molecule has 2 heterocycles. The normalized spacial score (nSPS) is 20.6. The number of rotatable bonds is 3. The molecule has 1 aliphatic heterocycles. The Morgan fingerprint density at radius 3 is 2.94 bits per heavy atom. The van der Waals surface area contributed by atoms with Crippen LogP contribution in [0.25, 0.3) is 0 Å². The highest BCUT2D eigenvalue weighted by Crippen LogP contribution is 2.14. The van der Waals surface area contributed by atoms with Crippen LogP contribution in [-0.4, -0.2) is 34.5 Å². The van der Waals surface area contributed by atoms with Crippen molar-refractivity contribution in [1.82, 2.24) is 15.4 Å². The summed E-state index contributed by atoms with van der Waals surface area (Å²) in [5.74, 6) is 0.401. The lowest BCUT2D eigenvalue weighted by molar-refractivity contribution is -0.146. The average molecular weight is 237 g/mol. The third kappa shape index (κ3) is 2.30. The van der Waals surface area contributed by atoms with Crippen molar-refractivity contribution in [3.05, 3.63) is 17.5 Å². The van der Waals surface area contributed by atoms with Crippen molar-refractivity contribution < 1.29 is 14.1 Å². The van der Waals surface area contributed by atoms with Gasteiger partial charge in [0.25, 0.3) is 0 Å². The van der Waals surface area contributed by atoms with Crippen molar-refractivity contribution in [1.29, 1.82) is 0 Å². The van der Waals surface area contributed by atoms with Crippen molar-refractivity contribution in [2.75, 3.05) is 6.54 Å². The van der Waals surface area contributed by atoms with Crippen molar-refractivity contribution in [3.8, 4) is 0 Å². The van der Waals surface area contributed by atoms with Crippen LogP contribution in [0.5, 0.6) is 0 Å². The maximum absolute atomic E-state index is 11.8. The lowest BCUT2D eigenvalue weighted by Crippen LogP contribution is -2.57. The fraction of sp³-hybridized carbons (Fsp3) is 0.545. The lowest BCUT2D eigenvalue weighted by atomic mass is 10.1. The number of hydrogen-bond acceptors (Lipinski definition) is 4. The summed E-state index contributed by atoms with van der Waals surface area (Å²) in [5.41, 5.74) is 0.766. The van der Waals surface area contributed by atoms with Crippen LogP contribution >= 0.6 is 0 Å². The molecule has 1 fully saturated rings. The van der Waals surface area contributed by atoms with E-state index >= 15 is 0 Å². The summed E-state index contributed by atoms with van der Waals surface area (Å²) in [6.07, 6.45) is 0.588. The van der Waals surface area contributed by atoms with Crippen LogP contribution in [0, 0.1) is 6.92 Å². The number of aromatic nitrogens is 1. The van der Waals surface area contributed by atoms with Gasteiger partial charge in [-0.1, -0.05) is 12.1 Å². The van der Waals surface area contributed by atoms with Crippen molar-refractivity contribution in [2.24, 2.45) is 0 Å². The van der Waals surface area contributed by atoms with Crippen LogP contribution in [0.4, 0.5) is 0 Å². The number of piperazine rings is 1. The van der Waals surface area contributed by atoms with E-state index in [2.05, 4.69) is 10.5 Å². The van der Waals surface area contributed by atoms with E-state index in [1.807, 2.05) is 13.8 Å². The Balaban J connectivity index is 2.15. The third-order valence-corrected chi connectivity index (χ3v) is 2.80. The highest BCUT2D eigenvalue weighted by Gasteiger charge is 2.33. The van der Waals surface area contributed by atoms with Gasteiger partial charge in [-0.15, -0.1) is 0 Å². The molecule has 2 rings (SSSR count). The topological polar surface area (TPSA) is 75.4 Å². The van der Waals surface area contributed by atoms with Gasteiger partial charge < -0.3 is 14.7 Å². The molecule has 2 amide bonds. The first-order valence-electron chi connectivity index (χ1n) is 5.61. The molecule has 0 aliphatic carbocycles. The number of nitrogens with zero attached hydrogens (tertiary/aromatic N) is 2. The van der Waals surface area contributed by atoms with Crippen LogP contribution in [0.1, 0.15) is 24.8 Å². The summed E-state index contributed by atoms with van der Waals surface area (Å²) in [6, 6.07) is 1.36. The van der Waals surface area contributed by atoms with E-state index in [1.54, 1.807) is 11.0 Å². The summed E-state index contributed by atoms with van der Waals surface area (Å²) < 4.78 is 5.07. The zero-order valence-electron chi connectivity index (χ0n) is 9.90. The molecule has 1 N–H and O–H groups in total. The second kappa shape index (κ2) is 4.57. The SMILES string of the molecule is CCC1C(=O)NCC(=O)N1Cc1cc(C)no1. The van der Waals surface area contributed by atoms with E-state index in [-0.39, 0.29) is 18.4 Å². The summed E-state index contributed by atoms with van der Waals surface area (Å²) in [7, 11) is 0. The molecular formula is C11H15N3O3. The Hall–Kier alpha value is -1.85. The third-order valence-electron chi connectivity index (χ3n) is 2.80. The lowest BCUT2D eigenvalue weighted by Gasteiger charge is -2.33. The second-order valence-electron chi connectivity index (χ2n) is 4.10. The molecule has 0 radical (unpaired) electrons. The molecule has 0 bridgehead atoms. The minimum atomic E-state index is -0.415. The molecule has 0 saturated carbocycles. The second-order valence-corrected chi connectivity index (χ2v) is 4.10. The molecule has 6 nitrogen and oxygen atoms in total. The maximum atomic E-state index is 11.8. The minimum Gasteiger partial charge on any atom is -0.359 e. The molecule has 1 unspecified atom stereocenters. The Morgan fingerprint density at radius 1 is 1.59 bits per heavy atom. The number of carbonyl (C=O) groups is 2. The summed E-state index contributed by atoms with van der Waals surface area (Å²) in [5, 5.41) is 6.34. The first kappa shape index (κ1) is 11.6. The molecule has 0 aromatic carbocycles. The van der Waals surface area contributed by atoms with Crippen LogP contribution < -0.4 is 5.32 Å². The van der Waals surface area contributed by atoms with E-state index in [0.29, 0.717) is 18.7 Å². The predicted octanol–water partition coefficient (Wildman–Crippen LogP) is 0.220. The van der Waals surface area contributed by atoms with Gasteiger partial charge in [-0.25, -0.2) is 0 Å². The number of amides is 2. The summed E-state index contributed by atoms with van der Waals surface area (Å²) >= 11 is 0. The molecule has 1 aromatic rings. The van der Waals surface area contributed by atoms with E-state index in [9.17, 15) is 9.59 Å². The van der Waals surface area contributed by atoms with E-state index in [1.165, 1.54) is 0 Å². The van der Waals surface area contributed by atoms with Gasteiger partial charge in [0.15, 0.2) is 5.76 Å².